The Balaban J connectivity index is 1.54. The lowest BCUT2D eigenvalue weighted by Crippen LogP contribution is -2.19. The number of carbonyl (C=O) groups is 2. The lowest BCUT2D eigenvalue weighted by molar-refractivity contribution is -0.137. The standard InChI is InChI=1S/C34H30O6/c1-34(2,3)28-20-12-19-27-31(28)33(38-22-30(36)40-24-15-8-5-9-16-24)26-18-11-10-17-25(26)32(27)37-21-29(35)39-23-13-6-4-7-14-23/h4-20H,21-22H2,1-3H3. The Morgan fingerprint density at radius 1 is 0.550 bits per heavy atom. The zero-order chi connectivity index (χ0) is 28.1. The monoisotopic (exact) mass is 534 g/mol. The van der Waals surface area contributed by atoms with E-state index in [0.29, 0.717) is 23.0 Å². The van der Waals surface area contributed by atoms with E-state index in [1.54, 1.807) is 48.5 Å². The van der Waals surface area contributed by atoms with Crippen LogP contribution >= 0.6 is 0 Å². The van der Waals surface area contributed by atoms with Crippen LogP contribution in [0.5, 0.6) is 23.0 Å². The van der Waals surface area contributed by atoms with Crippen LogP contribution in [0.2, 0.25) is 0 Å². The summed E-state index contributed by atoms with van der Waals surface area (Å²) in [5.74, 6) is 0.973. The number of para-hydroxylation sites is 2. The number of benzene rings is 5. The predicted octanol–water partition coefficient (Wildman–Crippen LogP) is 7.26. The Bertz CT molecular complexity index is 1650. The van der Waals surface area contributed by atoms with Crippen LogP contribution in [-0.2, 0) is 15.0 Å². The van der Waals surface area contributed by atoms with Crippen molar-refractivity contribution in [2.24, 2.45) is 0 Å². The molecule has 40 heavy (non-hydrogen) atoms. The Morgan fingerprint density at radius 2 is 1.00 bits per heavy atom. The van der Waals surface area contributed by atoms with Gasteiger partial charge in [-0.25, -0.2) is 9.59 Å². The summed E-state index contributed by atoms with van der Waals surface area (Å²) in [6.45, 7) is 5.78. The fourth-order valence-electron chi connectivity index (χ4n) is 4.64. The summed E-state index contributed by atoms with van der Waals surface area (Å²) in [5, 5.41) is 3.09. The Kier molecular flexibility index (Phi) is 7.69. The van der Waals surface area contributed by atoms with Crippen molar-refractivity contribution in [3.8, 4) is 23.0 Å². The Morgan fingerprint density at radius 3 is 1.52 bits per heavy atom. The number of ether oxygens (including phenoxy) is 4. The molecule has 6 heteroatoms. The van der Waals surface area contributed by atoms with Crippen molar-refractivity contribution in [1.82, 2.24) is 0 Å². The molecular weight excluding hydrogens is 504 g/mol. The third-order valence-corrected chi connectivity index (χ3v) is 6.38. The minimum Gasteiger partial charge on any atom is -0.481 e. The van der Waals surface area contributed by atoms with Gasteiger partial charge in [0.05, 0.1) is 0 Å². The summed E-state index contributed by atoms with van der Waals surface area (Å²) >= 11 is 0. The van der Waals surface area contributed by atoms with E-state index < -0.39 is 11.9 Å². The van der Waals surface area contributed by atoms with Crippen LogP contribution in [-0.4, -0.2) is 25.2 Å². The van der Waals surface area contributed by atoms with Crippen LogP contribution < -0.4 is 18.9 Å². The van der Waals surface area contributed by atoms with Gasteiger partial charge in [0.15, 0.2) is 13.2 Å². The second kappa shape index (κ2) is 11.5. The van der Waals surface area contributed by atoms with Crippen LogP contribution in [0.4, 0.5) is 0 Å². The van der Waals surface area contributed by atoms with Gasteiger partial charge >= 0.3 is 11.9 Å². The highest BCUT2D eigenvalue weighted by Gasteiger charge is 2.25. The van der Waals surface area contributed by atoms with E-state index in [4.69, 9.17) is 18.9 Å². The molecule has 6 nitrogen and oxygen atoms in total. The molecule has 0 unspecified atom stereocenters. The van der Waals surface area contributed by atoms with Gasteiger partial charge in [-0.2, -0.15) is 0 Å². The summed E-state index contributed by atoms with van der Waals surface area (Å²) in [5.41, 5.74) is 0.757. The third kappa shape index (κ3) is 5.91. The zero-order valence-corrected chi connectivity index (χ0v) is 22.7. The molecule has 0 fully saturated rings. The van der Waals surface area contributed by atoms with E-state index in [1.807, 2.05) is 54.6 Å². The second-order valence-corrected chi connectivity index (χ2v) is 10.3. The number of carbonyl (C=O) groups excluding carboxylic acids is 2. The molecule has 0 saturated heterocycles. The molecule has 0 amide bonds. The van der Waals surface area contributed by atoms with Gasteiger partial charge in [-0.1, -0.05) is 99.6 Å². The zero-order valence-electron chi connectivity index (χ0n) is 22.7. The fraction of sp³-hybridized carbons (Fsp3) is 0.176. The first-order chi connectivity index (χ1) is 19.3. The van der Waals surface area contributed by atoms with Gasteiger partial charge in [0.1, 0.15) is 23.0 Å². The number of hydrogen-bond donors (Lipinski definition) is 0. The van der Waals surface area contributed by atoms with Gasteiger partial charge in [-0.05, 0) is 35.2 Å². The minimum atomic E-state index is -0.514. The molecular formula is C34H30O6. The first-order valence-corrected chi connectivity index (χ1v) is 13.1. The Labute approximate surface area is 233 Å². The normalized spacial score (nSPS) is 11.3. The molecule has 5 aromatic rings. The van der Waals surface area contributed by atoms with Crippen LogP contribution in [0.15, 0.2) is 103 Å². The highest BCUT2D eigenvalue weighted by Crippen LogP contribution is 2.46. The molecule has 0 aromatic heterocycles. The maximum Gasteiger partial charge on any atom is 0.349 e. The van der Waals surface area contributed by atoms with E-state index in [2.05, 4.69) is 20.8 Å². The van der Waals surface area contributed by atoms with Gasteiger partial charge in [-0.15, -0.1) is 0 Å². The fourth-order valence-corrected chi connectivity index (χ4v) is 4.64. The number of rotatable bonds is 8. The summed E-state index contributed by atoms with van der Waals surface area (Å²) < 4.78 is 23.3. The quantitative estimate of drug-likeness (QED) is 0.119. The van der Waals surface area contributed by atoms with Crippen molar-refractivity contribution >= 4 is 33.5 Å². The summed E-state index contributed by atoms with van der Waals surface area (Å²) in [7, 11) is 0. The van der Waals surface area contributed by atoms with Crippen LogP contribution in [0.1, 0.15) is 26.3 Å². The van der Waals surface area contributed by atoms with Crippen molar-refractivity contribution in [2.45, 2.75) is 26.2 Å². The predicted molar refractivity (Wildman–Crippen MR) is 155 cm³/mol. The first-order valence-electron chi connectivity index (χ1n) is 13.1. The van der Waals surface area contributed by atoms with Gasteiger partial charge < -0.3 is 18.9 Å². The van der Waals surface area contributed by atoms with Crippen molar-refractivity contribution in [3.05, 3.63) is 109 Å². The van der Waals surface area contributed by atoms with E-state index >= 15 is 0 Å². The van der Waals surface area contributed by atoms with Crippen molar-refractivity contribution < 1.29 is 28.5 Å². The third-order valence-electron chi connectivity index (χ3n) is 6.38. The molecule has 0 aliphatic rings. The van der Waals surface area contributed by atoms with Crippen LogP contribution in [0.3, 0.4) is 0 Å². The van der Waals surface area contributed by atoms with Crippen LogP contribution in [0.25, 0.3) is 21.5 Å². The summed E-state index contributed by atoms with van der Waals surface area (Å²) in [6.07, 6.45) is 0. The lowest BCUT2D eigenvalue weighted by atomic mass is 9.82. The molecule has 0 heterocycles. The molecule has 0 atom stereocenters. The van der Waals surface area contributed by atoms with E-state index in [9.17, 15) is 9.59 Å². The van der Waals surface area contributed by atoms with Crippen molar-refractivity contribution in [1.29, 1.82) is 0 Å². The Hall–Kier alpha value is -4.84. The van der Waals surface area contributed by atoms with E-state index in [0.717, 1.165) is 27.1 Å². The molecule has 202 valence electrons. The summed E-state index contributed by atoms with van der Waals surface area (Å²) in [6, 6.07) is 31.3. The van der Waals surface area contributed by atoms with E-state index in [-0.39, 0.29) is 18.6 Å². The maximum absolute atomic E-state index is 12.7. The molecule has 0 N–H and O–H groups in total. The van der Waals surface area contributed by atoms with E-state index in [1.165, 1.54) is 0 Å². The SMILES string of the molecule is CC(C)(C)c1cccc2c(OCC(=O)Oc3ccccc3)c3ccccc3c(OCC(=O)Oc3ccccc3)c12. The van der Waals surface area contributed by atoms with Crippen molar-refractivity contribution in [2.75, 3.05) is 13.2 Å². The molecule has 0 spiro atoms. The highest BCUT2D eigenvalue weighted by atomic mass is 16.6. The molecule has 5 rings (SSSR count). The molecule has 0 radical (unpaired) electrons. The van der Waals surface area contributed by atoms with Gasteiger partial charge in [0, 0.05) is 21.5 Å². The first kappa shape index (κ1) is 26.8. The maximum atomic E-state index is 12.7. The smallest absolute Gasteiger partial charge is 0.349 e. The largest absolute Gasteiger partial charge is 0.481 e. The average molecular weight is 535 g/mol. The van der Waals surface area contributed by atoms with Crippen LogP contribution in [0, 0.1) is 0 Å². The van der Waals surface area contributed by atoms with Gasteiger partial charge in [-0.3, -0.25) is 0 Å². The molecule has 5 aromatic carbocycles. The average Bonchev–Trinajstić information content (AvgIpc) is 2.95. The van der Waals surface area contributed by atoms with Crippen molar-refractivity contribution in [3.63, 3.8) is 0 Å². The second-order valence-electron chi connectivity index (χ2n) is 10.3. The highest BCUT2D eigenvalue weighted by molar-refractivity contribution is 6.12. The lowest BCUT2D eigenvalue weighted by Gasteiger charge is -2.25. The molecule has 0 bridgehead atoms. The number of hydrogen-bond acceptors (Lipinski definition) is 6. The minimum absolute atomic E-state index is 0.256. The summed E-state index contributed by atoms with van der Waals surface area (Å²) in [4.78, 5) is 25.4. The van der Waals surface area contributed by atoms with Gasteiger partial charge in [0.2, 0.25) is 0 Å². The van der Waals surface area contributed by atoms with Gasteiger partial charge in [0.25, 0.3) is 0 Å². The topological polar surface area (TPSA) is 71.1 Å². The molecule has 0 aliphatic heterocycles. The molecule has 0 aliphatic carbocycles. The number of esters is 2. The molecule has 0 saturated carbocycles. The number of fused-ring (bicyclic) bond motifs is 2.